The molecule has 0 saturated carbocycles. The topological polar surface area (TPSA) is 72.1 Å². The van der Waals surface area contributed by atoms with Crippen molar-refractivity contribution in [1.82, 2.24) is 15.5 Å². The van der Waals surface area contributed by atoms with E-state index in [1.54, 1.807) is 0 Å². The van der Waals surface area contributed by atoms with E-state index in [2.05, 4.69) is 15.5 Å². The number of carbonyl (C=O) groups is 1. The molecule has 2 aliphatic rings. The Labute approximate surface area is 155 Å². The fourth-order valence-electron chi connectivity index (χ4n) is 3.42. The van der Waals surface area contributed by atoms with Crippen molar-refractivity contribution in [3.05, 3.63) is 35.9 Å². The standard InChI is InChI=1S/C19H29N3O4/c23-19(26-15-16-4-2-1-3-5-16)20-6-8-24-10-11-25-9-7-22-14-17-12-18(22)13-21-17/h1-5,17-18,21H,6-15H2,(H,20,23)/t17-,18-/m0/s1. The van der Waals surface area contributed by atoms with Gasteiger partial charge in [-0.3, -0.25) is 4.90 Å². The summed E-state index contributed by atoms with van der Waals surface area (Å²) in [5.41, 5.74) is 0.967. The molecule has 0 radical (unpaired) electrons. The van der Waals surface area contributed by atoms with Crippen LogP contribution >= 0.6 is 0 Å². The molecular formula is C19H29N3O4. The second kappa shape index (κ2) is 10.5. The van der Waals surface area contributed by atoms with Gasteiger partial charge in [0.05, 0.1) is 26.4 Å². The fourth-order valence-corrected chi connectivity index (χ4v) is 3.42. The highest BCUT2D eigenvalue weighted by Crippen LogP contribution is 2.22. The van der Waals surface area contributed by atoms with E-state index in [9.17, 15) is 4.79 Å². The summed E-state index contributed by atoms with van der Waals surface area (Å²) in [7, 11) is 0. The zero-order valence-corrected chi connectivity index (χ0v) is 15.2. The maximum absolute atomic E-state index is 11.5. The summed E-state index contributed by atoms with van der Waals surface area (Å²) in [6, 6.07) is 11.0. The molecule has 7 nitrogen and oxygen atoms in total. The summed E-state index contributed by atoms with van der Waals surface area (Å²) >= 11 is 0. The molecule has 2 atom stereocenters. The van der Waals surface area contributed by atoms with E-state index in [1.165, 1.54) is 6.42 Å². The van der Waals surface area contributed by atoms with Crippen LogP contribution < -0.4 is 10.6 Å². The number of likely N-dealkylation sites (tertiary alicyclic amines) is 1. The number of ether oxygens (including phenoxy) is 3. The highest BCUT2D eigenvalue weighted by atomic mass is 16.5. The minimum atomic E-state index is -0.428. The Bertz CT molecular complexity index is 543. The van der Waals surface area contributed by atoms with Crippen LogP contribution in [0.3, 0.4) is 0 Å². The van der Waals surface area contributed by atoms with Crippen LogP contribution in [0.5, 0.6) is 0 Å². The lowest BCUT2D eigenvalue weighted by atomic mass is 10.2. The number of benzene rings is 1. The van der Waals surface area contributed by atoms with Gasteiger partial charge in [-0.2, -0.15) is 0 Å². The number of piperazine rings is 1. The second-order valence-electron chi connectivity index (χ2n) is 6.70. The molecule has 1 amide bonds. The zero-order chi connectivity index (χ0) is 18.0. The Morgan fingerprint density at radius 2 is 1.96 bits per heavy atom. The normalized spacial score (nSPS) is 21.8. The number of nitrogens with one attached hydrogen (secondary N) is 2. The summed E-state index contributed by atoms with van der Waals surface area (Å²) in [5, 5.41) is 6.17. The third-order valence-electron chi connectivity index (χ3n) is 4.79. The van der Waals surface area contributed by atoms with Gasteiger partial charge < -0.3 is 24.8 Å². The Hall–Kier alpha value is -1.67. The van der Waals surface area contributed by atoms with Crippen molar-refractivity contribution >= 4 is 6.09 Å². The molecular weight excluding hydrogens is 334 g/mol. The largest absolute Gasteiger partial charge is 0.445 e. The number of hydrogen-bond acceptors (Lipinski definition) is 6. The number of fused-ring (bicyclic) bond motifs is 2. The second-order valence-corrected chi connectivity index (χ2v) is 6.70. The highest BCUT2D eigenvalue weighted by molar-refractivity contribution is 5.67. The smallest absolute Gasteiger partial charge is 0.407 e. The predicted octanol–water partition coefficient (Wildman–Crippen LogP) is 0.992. The summed E-state index contributed by atoms with van der Waals surface area (Å²) < 4.78 is 16.2. The summed E-state index contributed by atoms with van der Waals surface area (Å²) in [4.78, 5) is 14.1. The highest BCUT2D eigenvalue weighted by Gasteiger charge is 2.36. The third-order valence-corrected chi connectivity index (χ3v) is 4.79. The van der Waals surface area contributed by atoms with Crippen molar-refractivity contribution in [2.75, 3.05) is 52.6 Å². The molecule has 0 spiro atoms. The fraction of sp³-hybridized carbons (Fsp3) is 0.632. The maximum Gasteiger partial charge on any atom is 0.407 e. The molecule has 0 aromatic heterocycles. The van der Waals surface area contributed by atoms with Gasteiger partial charge in [0, 0.05) is 38.3 Å². The first-order valence-corrected chi connectivity index (χ1v) is 9.39. The lowest BCUT2D eigenvalue weighted by molar-refractivity contribution is 0.0366. The Morgan fingerprint density at radius 1 is 1.15 bits per heavy atom. The molecule has 2 aliphatic heterocycles. The number of nitrogens with zero attached hydrogens (tertiary/aromatic N) is 1. The van der Waals surface area contributed by atoms with Crippen molar-refractivity contribution in [1.29, 1.82) is 0 Å². The van der Waals surface area contributed by atoms with E-state index in [0.717, 1.165) is 31.8 Å². The summed E-state index contributed by atoms with van der Waals surface area (Å²) in [6.07, 6.45) is 0.854. The van der Waals surface area contributed by atoms with Crippen LogP contribution in [0, 0.1) is 0 Å². The first-order valence-electron chi connectivity index (χ1n) is 9.39. The van der Waals surface area contributed by atoms with Crippen molar-refractivity contribution in [3.63, 3.8) is 0 Å². The van der Waals surface area contributed by atoms with E-state index < -0.39 is 6.09 Å². The van der Waals surface area contributed by atoms with Gasteiger partial charge in [0.2, 0.25) is 0 Å². The lowest BCUT2D eigenvalue weighted by Crippen LogP contribution is -2.44. The van der Waals surface area contributed by atoms with Gasteiger partial charge >= 0.3 is 6.09 Å². The molecule has 2 fully saturated rings. The number of rotatable bonds is 11. The first-order chi connectivity index (χ1) is 12.8. The zero-order valence-electron chi connectivity index (χ0n) is 15.2. The van der Waals surface area contributed by atoms with Gasteiger partial charge in [0.1, 0.15) is 6.61 Å². The van der Waals surface area contributed by atoms with Gasteiger partial charge in [-0.25, -0.2) is 4.79 Å². The Morgan fingerprint density at radius 3 is 2.69 bits per heavy atom. The third kappa shape index (κ3) is 6.25. The van der Waals surface area contributed by atoms with Crippen LogP contribution in [0.25, 0.3) is 0 Å². The first kappa shape index (κ1) is 19.1. The molecule has 7 heteroatoms. The van der Waals surface area contributed by atoms with E-state index in [-0.39, 0.29) is 6.61 Å². The van der Waals surface area contributed by atoms with Crippen LogP contribution in [0.2, 0.25) is 0 Å². The van der Waals surface area contributed by atoms with Gasteiger partial charge in [-0.1, -0.05) is 30.3 Å². The van der Waals surface area contributed by atoms with E-state index in [4.69, 9.17) is 14.2 Å². The molecule has 2 N–H and O–H groups in total. The van der Waals surface area contributed by atoms with E-state index >= 15 is 0 Å². The monoisotopic (exact) mass is 363 g/mol. The Kier molecular flexibility index (Phi) is 7.69. The van der Waals surface area contributed by atoms with Crippen molar-refractivity contribution < 1.29 is 19.0 Å². The maximum atomic E-state index is 11.5. The van der Waals surface area contributed by atoms with E-state index in [1.807, 2.05) is 30.3 Å². The quantitative estimate of drug-likeness (QED) is 0.572. The van der Waals surface area contributed by atoms with Gasteiger partial charge in [-0.05, 0) is 12.0 Å². The minimum absolute atomic E-state index is 0.274. The molecule has 2 heterocycles. The molecule has 3 rings (SSSR count). The number of hydrogen-bond donors (Lipinski definition) is 2. The van der Waals surface area contributed by atoms with Gasteiger partial charge in [0.25, 0.3) is 0 Å². The molecule has 2 saturated heterocycles. The molecule has 144 valence electrons. The van der Waals surface area contributed by atoms with Crippen LogP contribution in [-0.4, -0.2) is 75.7 Å². The average Bonchev–Trinajstić information content (AvgIpc) is 3.29. The average molecular weight is 363 g/mol. The number of alkyl carbamates (subject to hydrolysis) is 1. The number of amides is 1. The molecule has 1 aromatic carbocycles. The molecule has 26 heavy (non-hydrogen) atoms. The molecule has 2 bridgehead atoms. The number of carbonyl (C=O) groups excluding carboxylic acids is 1. The Balaban J connectivity index is 1.10. The SMILES string of the molecule is O=C(NCCOCCOCCN1C[C@@H]2C[C@H]1CN2)OCc1ccccc1. The van der Waals surface area contributed by atoms with Crippen LogP contribution in [0.4, 0.5) is 4.79 Å². The van der Waals surface area contributed by atoms with Crippen LogP contribution in [-0.2, 0) is 20.8 Å². The van der Waals surface area contributed by atoms with Crippen molar-refractivity contribution in [2.24, 2.45) is 0 Å². The van der Waals surface area contributed by atoms with Crippen LogP contribution in [0.15, 0.2) is 30.3 Å². The lowest BCUT2D eigenvalue weighted by Gasteiger charge is -2.26. The molecule has 0 unspecified atom stereocenters. The predicted molar refractivity (Wildman–Crippen MR) is 98.0 cm³/mol. The summed E-state index contributed by atoms with van der Waals surface area (Å²) in [5.74, 6) is 0. The van der Waals surface area contributed by atoms with Crippen molar-refractivity contribution in [3.8, 4) is 0 Å². The molecule has 0 aliphatic carbocycles. The van der Waals surface area contributed by atoms with Crippen LogP contribution in [0.1, 0.15) is 12.0 Å². The van der Waals surface area contributed by atoms with E-state index in [0.29, 0.717) is 38.4 Å². The van der Waals surface area contributed by atoms with Gasteiger partial charge in [0.15, 0.2) is 0 Å². The minimum Gasteiger partial charge on any atom is -0.445 e. The summed E-state index contributed by atoms with van der Waals surface area (Å²) in [6.45, 7) is 6.28. The van der Waals surface area contributed by atoms with Gasteiger partial charge in [-0.15, -0.1) is 0 Å². The molecule has 1 aromatic rings. The van der Waals surface area contributed by atoms with Crippen molar-refractivity contribution in [2.45, 2.75) is 25.1 Å².